The molecule has 2 rings (SSSR count). The predicted octanol–water partition coefficient (Wildman–Crippen LogP) is 2.98. The van der Waals surface area contributed by atoms with Gasteiger partial charge in [0.05, 0.1) is 5.71 Å². The third-order valence-corrected chi connectivity index (χ3v) is 3.11. The molecule has 2 nitrogen and oxygen atoms in total. The van der Waals surface area contributed by atoms with Crippen LogP contribution in [0.4, 0.5) is 0 Å². The van der Waals surface area contributed by atoms with E-state index in [0.29, 0.717) is 12.0 Å². The van der Waals surface area contributed by atoms with Crippen LogP contribution >= 0.6 is 0 Å². The molecular formula is C11H19NO. The highest BCUT2D eigenvalue weighted by Gasteiger charge is 2.40. The maximum absolute atomic E-state index is 5.48. The molecular weight excluding hydrogens is 162 g/mol. The van der Waals surface area contributed by atoms with Gasteiger partial charge in [-0.05, 0) is 19.3 Å². The smallest absolute Gasteiger partial charge is 0.135 e. The summed E-state index contributed by atoms with van der Waals surface area (Å²) in [6, 6.07) is 0. The first-order valence-electron chi connectivity index (χ1n) is 5.33. The lowest BCUT2D eigenvalue weighted by molar-refractivity contribution is 0.0396. The van der Waals surface area contributed by atoms with Gasteiger partial charge in [-0.25, -0.2) is 0 Å². The second-order valence-electron chi connectivity index (χ2n) is 5.26. The number of oxime groups is 1. The largest absolute Gasteiger partial charge is 0.392 e. The van der Waals surface area contributed by atoms with Crippen molar-refractivity contribution >= 4 is 5.71 Å². The number of rotatable bonds is 0. The van der Waals surface area contributed by atoms with E-state index in [0.717, 1.165) is 0 Å². The predicted molar refractivity (Wildman–Crippen MR) is 53.7 cm³/mol. The Kier molecular flexibility index (Phi) is 2.09. The van der Waals surface area contributed by atoms with Crippen molar-refractivity contribution in [2.75, 3.05) is 0 Å². The molecule has 1 heterocycles. The molecule has 0 aromatic carbocycles. The standard InChI is InChI=1S/C11H19NO/c1-11(2,3)10-8-6-4-5-7-9(8)13-12-10/h8-9H,4-7H2,1-3H3/t8-,9+/m0/s1. The van der Waals surface area contributed by atoms with Crippen molar-refractivity contribution in [1.82, 2.24) is 0 Å². The van der Waals surface area contributed by atoms with Crippen LogP contribution in [-0.4, -0.2) is 11.8 Å². The van der Waals surface area contributed by atoms with E-state index in [1.807, 2.05) is 0 Å². The summed E-state index contributed by atoms with van der Waals surface area (Å²) < 4.78 is 0. The van der Waals surface area contributed by atoms with Crippen LogP contribution in [0.3, 0.4) is 0 Å². The average Bonchev–Trinajstić information content (AvgIpc) is 2.45. The van der Waals surface area contributed by atoms with E-state index in [2.05, 4.69) is 25.9 Å². The summed E-state index contributed by atoms with van der Waals surface area (Å²) in [5.41, 5.74) is 1.48. The molecule has 0 saturated heterocycles. The quantitative estimate of drug-likeness (QED) is 0.563. The van der Waals surface area contributed by atoms with Crippen molar-refractivity contribution in [1.29, 1.82) is 0 Å². The Morgan fingerprint density at radius 1 is 1.23 bits per heavy atom. The second kappa shape index (κ2) is 3.00. The van der Waals surface area contributed by atoms with Gasteiger partial charge in [0.15, 0.2) is 0 Å². The van der Waals surface area contributed by atoms with E-state index in [4.69, 9.17) is 4.84 Å². The van der Waals surface area contributed by atoms with Gasteiger partial charge in [0.25, 0.3) is 0 Å². The Balaban J connectivity index is 2.14. The molecule has 0 amide bonds. The van der Waals surface area contributed by atoms with Gasteiger partial charge in [-0.2, -0.15) is 0 Å². The Morgan fingerprint density at radius 2 is 1.92 bits per heavy atom. The van der Waals surface area contributed by atoms with Crippen molar-refractivity contribution in [3.8, 4) is 0 Å². The summed E-state index contributed by atoms with van der Waals surface area (Å²) in [4.78, 5) is 5.48. The Labute approximate surface area is 80.3 Å². The fourth-order valence-electron chi connectivity index (χ4n) is 2.42. The molecule has 0 N–H and O–H groups in total. The highest BCUT2D eigenvalue weighted by Crippen LogP contribution is 2.38. The molecule has 0 bridgehead atoms. The topological polar surface area (TPSA) is 21.6 Å². The van der Waals surface area contributed by atoms with Crippen LogP contribution in [0.25, 0.3) is 0 Å². The van der Waals surface area contributed by atoms with Gasteiger partial charge < -0.3 is 4.84 Å². The lowest BCUT2D eigenvalue weighted by Crippen LogP contribution is -2.33. The summed E-state index contributed by atoms with van der Waals surface area (Å²) in [5, 5.41) is 4.27. The maximum atomic E-state index is 5.48. The molecule has 2 heteroatoms. The summed E-state index contributed by atoms with van der Waals surface area (Å²) in [6.07, 6.45) is 5.55. The number of nitrogens with zero attached hydrogens (tertiary/aromatic N) is 1. The van der Waals surface area contributed by atoms with Gasteiger partial charge in [0.1, 0.15) is 6.10 Å². The fourth-order valence-corrected chi connectivity index (χ4v) is 2.42. The fraction of sp³-hybridized carbons (Fsp3) is 0.909. The van der Waals surface area contributed by atoms with Crippen molar-refractivity contribution in [3.63, 3.8) is 0 Å². The molecule has 1 aliphatic heterocycles. The summed E-state index contributed by atoms with van der Waals surface area (Å²) in [7, 11) is 0. The molecule has 0 radical (unpaired) electrons. The zero-order valence-corrected chi connectivity index (χ0v) is 8.84. The van der Waals surface area contributed by atoms with Crippen molar-refractivity contribution in [3.05, 3.63) is 0 Å². The molecule has 1 saturated carbocycles. The monoisotopic (exact) mass is 181 g/mol. The zero-order chi connectivity index (χ0) is 9.47. The molecule has 0 aromatic heterocycles. The molecule has 13 heavy (non-hydrogen) atoms. The zero-order valence-electron chi connectivity index (χ0n) is 8.84. The SMILES string of the molecule is CC(C)(C)C1=NO[C@@H]2CCCC[C@H]12. The third-order valence-electron chi connectivity index (χ3n) is 3.11. The number of fused-ring (bicyclic) bond motifs is 1. The Hall–Kier alpha value is -0.530. The molecule has 0 unspecified atom stereocenters. The second-order valence-corrected chi connectivity index (χ2v) is 5.26. The van der Waals surface area contributed by atoms with Gasteiger partial charge >= 0.3 is 0 Å². The van der Waals surface area contributed by atoms with Crippen LogP contribution in [0.15, 0.2) is 5.16 Å². The number of hydrogen-bond acceptors (Lipinski definition) is 2. The van der Waals surface area contributed by atoms with Gasteiger partial charge in [-0.1, -0.05) is 32.3 Å². The molecule has 2 atom stereocenters. The molecule has 1 fully saturated rings. The molecule has 74 valence electrons. The van der Waals surface area contributed by atoms with E-state index in [9.17, 15) is 0 Å². The minimum atomic E-state index is 0.191. The van der Waals surface area contributed by atoms with Gasteiger partial charge in [0.2, 0.25) is 0 Å². The highest BCUT2D eigenvalue weighted by atomic mass is 16.6. The highest BCUT2D eigenvalue weighted by molar-refractivity contribution is 5.92. The van der Waals surface area contributed by atoms with Crippen LogP contribution in [0, 0.1) is 11.3 Å². The molecule has 0 aromatic rings. The van der Waals surface area contributed by atoms with Crippen LogP contribution in [0.2, 0.25) is 0 Å². The average molecular weight is 181 g/mol. The first-order valence-corrected chi connectivity index (χ1v) is 5.33. The van der Waals surface area contributed by atoms with Crippen LogP contribution in [0.1, 0.15) is 46.5 Å². The van der Waals surface area contributed by atoms with Crippen LogP contribution in [-0.2, 0) is 4.84 Å². The van der Waals surface area contributed by atoms with E-state index >= 15 is 0 Å². The van der Waals surface area contributed by atoms with Gasteiger partial charge in [0, 0.05) is 11.3 Å². The van der Waals surface area contributed by atoms with Crippen molar-refractivity contribution in [2.24, 2.45) is 16.5 Å². The Morgan fingerprint density at radius 3 is 2.62 bits per heavy atom. The molecule has 2 aliphatic rings. The van der Waals surface area contributed by atoms with Crippen LogP contribution in [0.5, 0.6) is 0 Å². The van der Waals surface area contributed by atoms with Crippen molar-refractivity contribution < 1.29 is 4.84 Å². The van der Waals surface area contributed by atoms with Gasteiger partial charge in [-0.3, -0.25) is 0 Å². The normalized spacial score (nSPS) is 33.6. The Bertz CT molecular complexity index is 227. The maximum Gasteiger partial charge on any atom is 0.135 e. The summed E-state index contributed by atoms with van der Waals surface area (Å²) in [6.45, 7) is 6.69. The first kappa shape index (κ1) is 9.04. The van der Waals surface area contributed by atoms with E-state index in [1.165, 1.54) is 31.4 Å². The van der Waals surface area contributed by atoms with Crippen molar-refractivity contribution in [2.45, 2.75) is 52.6 Å². The molecule has 0 spiro atoms. The van der Waals surface area contributed by atoms with E-state index < -0.39 is 0 Å². The lowest BCUT2D eigenvalue weighted by atomic mass is 9.75. The minimum absolute atomic E-state index is 0.191. The third kappa shape index (κ3) is 1.59. The lowest BCUT2D eigenvalue weighted by Gasteiger charge is -2.28. The number of hydrogen-bond donors (Lipinski definition) is 0. The van der Waals surface area contributed by atoms with Gasteiger partial charge in [-0.15, -0.1) is 0 Å². The van der Waals surface area contributed by atoms with E-state index in [1.54, 1.807) is 0 Å². The summed E-state index contributed by atoms with van der Waals surface area (Å²) in [5.74, 6) is 0.619. The minimum Gasteiger partial charge on any atom is -0.392 e. The van der Waals surface area contributed by atoms with Crippen LogP contribution < -0.4 is 0 Å². The van der Waals surface area contributed by atoms with E-state index in [-0.39, 0.29) is 5.41 Å². The molecule has 1 aliphatic carbocycles. The summed E-state index contributed by atoms with van der Waals surface area (Å²) >= 11 is 0. The first-order chi connectivity index (χ1) is 6.09.